The quantitative estimate of drug-likeness (QED) is 0.606. The van der Waals surface area contributed by atoms with Crippen molar-refractivity contribution in [1.29, 1.82) is 0 Å². The molecule has 6 nitrogen and oxygen atoms in total. The first-order valence-electron chi connectivity index (χ1n) is 9.01. The van der Waals surface area contributed by atoms with Gasteiger partial charge in [0.15, 0.2) is 0 Å². The van der Waals surface area contributed by atoms with E-state index >= 15 is 0 Å². The number of alkyl halides is 3. The SMILES string of the molecule is [C-]#[N+]c1c(C(F)(F)F)cc(-c2cccc(OC(=O)NC)c2)n(Cc2ccccc2)c1=O. The first-order valence-corrected chi connectivity index (χ1v) is 9.01. The maximum absolute atomic E-state index is 13.6. The lowest BCUT2D eigenvalue weighted by atomic mass is 10.1. The van der Waals surface area contributed by atoms with Crippen LogP contribution in [0.4, 0.5) is 23.7 Å². The van der Waals surface area contributed by atoms with Gasteiger partial charge in [0.25, 0.3) is 11.2 Å². The predicted molar refractivity (Wildman–Crippen MR) is 108 cm³/mol. The Morgan fingerprint density at radius 2 is 1.84 bits per heavy atom. The highest BCUT2D eigenvalue weighted by Gasteiger charge is 2.36. The largest absolute Gasteiger partial charge is 0.412 e. The summed E-state index contributed by atoms with van der Waals surface area (Å²) in [5, 5.41) is 2.27. The van der Waals surface area contributed by atoms with Crippen molar-refractivity contribution in [1.82, 2.24) is 9.88 Å². The first kappa shape index (κ1) is 21.6. The van der Waals surface area contributed by atoms with Crippen molar-refractivity contribution in [2.45, 2.75) is 12.7 Å². The van der Waals surface area contributed by atoms with E-state index < -0.39 is 29.1 Å². The van der Waals surface area contributed by atoms with Gasteiger partial charge in [0.2, 0.25) is 0 Å². The zero-order valence-electron chi connectivity index (χ0n) is 16.2. The van der Waals surface area contributed by atoms with Gasteiger partial charge in [0, 0.05) is 24.8 Å². The van der Waals surface area contributed by atoms with Gasteiger partial charge in [0.05, 0.1) is 12.1 Å². The molecule has 2 aromatic carbocycles. The molecule has 1 heterocycles. The average molecular weight is 427 g/mol. The molecule has 3 aromatic rings. The number of nitrogens with zero attached hydrogens (tertiary/aromatic N) is 2. The second-order valence-corrected chi connectivity index (χ2v) is 6.45. The van der Waals surface area contributed by atoms with Crippen LogP contribution in [0.1, 0.15) is 11.1 Å². The maximum atomic E-state index is 13.6. The standard InChI is InChI=1S/C22H16F3N3O3/c1-26-19-17(22(23,24)25)12-18(15-9-6-10-16(11-15)31-21(30)27-2)28(20(19)29)13-14-7-4-3-5-8-14/h3-12H,13H2,2H3,(H,27,30). The molecular formula is C22H16F3N3O3. The number of aromatic nitrogens is 1. The van der Waals surface area contributed by atoms with Crippen molar-refractivity contribution in [3.05, 3.63) is 93.6 Å². The smallest absolute Gasteiger partial charge is 0.410 e. The fourth-order valence-corrected chi connectivity index (χ4v) is 3.00. The van der Waals surface area contributed by atoms with Crippen molar-refractivity contribution in [2.24, 2.45) is 0 Å². The zero-order chi connectivity index (χ0) is 22.6. The Balaban J connectivity index is 2.26. The predicted octanol–water partition coefficient (Wildman–Crippen LogP) is 4.85. The minimum atomic E-state index is -4.89. The number of amides is 1. The van der Waals surface area contributed by atoms with E-state index in [0.717, 1.165) is 10.6 Å². The van der Waals surface area contributed by atoms with E-state index in [9.17, 15) is 22.8 Å². The summed E-state index contributed by atoms with van der Waals surface area (Å²) < 4.78 is 46.9. The lowest BCUT2D eigenvalue weighted by Gasteiger charge is -2.18. The highest BCUT2D eigenvalue weighted by Crippen LogP contribution is 2.37. The normalized spacial score (nSPS) is 10.9. The second-order valence-electron chi connectivity index (χ2n) is 6.45. The summed E-state index contributed by atoms with van der Waals surface area (Å²) in [6, 6.07) is 15.2. The molecule has 1 aromatic heterocycles. The van der Waals surface area contributed by atoms with E-state index in [1.54, 1.807) is 30.3 Å². The number of halogens is 3. The van der Waals surface area contributed by atoms with Crippen LogP contribution >= 0.6 is 0 Å². The Morgan fingerprint density at radius 3 is 2.45 bits per heavy atom. The van der Waals surface area contributed by atoms with Crippen LogP contribution in [-0.4, -0.2) is 17.7 Å². The van der Waals surface area contributed by atoms with Crippen LogP contribution in [0.2, 0.25) is 0 Å². The molecular weight excluding hydrogens is 411 g/mol. The van der Waals surface area contributed by atoms with Crippen molar-refractivity contribution in [3.63, 3.8) is 0 Å². The summed E-state index contributed by atoms with van der Waals surface area (Å²) in [6.45, 7) is 7.09. The fourth-order valence-electron chi connectivity index (χ4n) is 3.00. The lowest BCUT2D eigenvalue weighted by molar-refractivity contribution is -0.136. The van der Waals surface area contributed by atoms with E-state index in [2.05, 4.69) is 10.2 Å². The first-order chi connectivity index (χ1) is 14.7. The van der Waals surface area contributed by atoms with Gasteiger partial charge in [-0.05, 0) is 23.8 Å². The summed E-state index contributed by atoms with van der Waals surface area (Å²) in [4.78, 5) is 27.3. The molecule has 0 aliphatic rings. The maximum Gasteiger partial charge on any atom is 0.412 e. The molecule has 31 heavy (non-hydrogen) atoms. The van der Waals surface area contributed by atoms with Crippen molar-refractivity contribution < 1.29 is 22.7 Å². The van der Waals surface area contributed by atoms with Crippen molar-refractivity contribution in [3.8, 4) is 17.0 Å². The molecule has 1 N–H and O–H groups in total. The lowest BCUT2D eigenvalue weighted by Crippen LogP contribution is -2.25. The molecule has 0 atom stereocenters. The van der Waals surface area contributed by atoms with Gasteiger partial charge < -0.3 is 14.6 Å². The molecule has 0 radical (unpaired) electrons. The molecule has 0 saturated carbocycles. The van der Waals surface area contributed by atoms with Gasteiger partial charge in [-0.25, -0.2) is 9.64 Å². The van der Waals surface area contributed by atoms with E-state index in [1.165, 1.54) is 31.3 Å². The summed E-state index contributed by atoms with van der Waals surface area (Å²) in [5.41, 5.74) is -2.54. The molecule has 0 aliphatic heterocycles. The van der Waals surface area contributed by atoms with E-state index in [0.29, 0.717) is 5.56 Å². The third-order valence-corrected chi connectivity index (χ3v) is 4.42. The Morgan fingerprint density at radius 1 is 1.13 bits per heavy atom. The number of hydrogen-bond acceptors (Lipinski definition) is 3. The summed E-state index contributed by atoms with van der Waals surface area (Å²) in [5.74, 6) is 0.0818. The van der Waals surface area contributed by atoms with Gasteiger partial charge in [-0.15, -0.1) is 0 Å². The minimum absolute atomic E-state index is 0.0454. The number of carbonyl (C=O) groups is 1. The molecule has 158 valence electrons. The summed E-state index contributed by atoms with van der Waals surface area (Å²) in [6.07, 6.45) is -5.64. The number of pyridine rings is 1. The van der Waals surface area contributed by atoms with E-state index in [4.69, 9.17) is 11.3 Å². The second kappa shape index (κ2) is 8.75. The molecule has 3 rings (SSSR count). The third-order valence-electron chi connectivity index (χ3n) is 4.42. The summed E-state index contributed by atoms with van der Waals surface area (Å²) in [7, 11) is 1.36. The van der Waals surface area contributed by atoms with Gasteiger partial charge in [-0.3, -0.25) is 4.79 Å². The van der Waals surface area contributed by atoms with Crippen LogP contribution in [-0.2, 0) is 12.7 Å². The van der Waals surface area contributed by atoms with Crippen molar-refractivity contribution >= 4 is 11.8 Å². The monoisotopic (exact) mass is 427 g/mol. The average Bonchev–Trinajstić information content (AvgIpc) is 2.75. The topological polar surface area (TPSA) is 64.7 Å². The molecule has 0 fully saturated rings. The number of nitrogens with one attached hydrogen (secondary N) is 1. The number of carbonyl (C=O) groups excluding carboxylic acids is 1. The Bertz CT molecular complexity index is 1210. The number of benzene rings is 2. The van der Waals surface area contributed by atoms with Crippen LogP contribution < -0.4 is 15.6 Å². The Labute approximate surface area is 175 Å². The molecule has 0 aliphatic carbocycles. The van der Waals surface area contributed by atoms with Crippen molar-refractivity contribution in [2.75, 3.05) is 7.05 Å². The Hall–Kier alpha value is -4.06. The van der Waals surface area contributed by atoms with Crippen LogP contribution in [0.15, 0.2) is 65.5 Å². The zero-order valence-corrected chi connectivity index (χ0v) is 16.2. The van der Waals surface area contributed by atoms with Gasteiger partial charge in [0.1, 0.15) is 5.75 Å². The van der Waals surface area contributed by atoms with Crippen LogP contribution in [0, 0.1) is 6.57 Å². The summed E-state index contributed by atoms with van der Waals surface area (Å²) >= 11 is 0. The molecule has 0 bridgehead atoms. The van der Waals surface area contributed by atoms with E-state index in [1.807, 2.05) is 0 Å². The van der Waals surface area contributed by atoms with Gasteiger partial charge >= 0.3 is 12.3 Å². The Kier molecular flexibility index (Phi) is 6.11. The number of hydrogen-bond donors (Lipinski definition) is 1. The van der Waals surface area contributed by atoms with Gasteiger partial charge in [-0.1, -0.05) is 42.5 Å². The molecule has 0 saturated heterocycles. The highest BCUT2D eigenvalue weighted by molar-refractivity contribution is 5.72. The van der Waals surface area contributed by atoms with E-state index in [-0.39, 0.29) is 23.6 Å². The fraction of sp³-hybridized carbons (Fsp3) is 0.136. The molecule has 0 unspecified atom stereocenters. The molecule has 1 amide bonds. The number of ether oxygens (including phenoxy) is 1. The van der Waals surface area contributed by atoms with Crippen LogP contribution in [0.3, 0.4) is 0 Å². The van der Waals surface area contributed by atoms with Gasteiger partial charge in [-0.2, -0.15) is 13.2 Å². The van der Waals surface area contributed by atoms with Crippen LogP contribution in [0.25, 0.3) is 16.1 Å². The highest BCUT2D eigenvalue weighted by atomic mass is 19.4. The minimum Gasteiger partial charge on any atom is -0.410 e. The third kappa shape index (κ3) is 4.75. The number of rotatable bonds is 4. The molecule has 9 heteroatoms. The van der Waals surface area contributed by atoms with Crippen LogP contribution in [0.5, 0.6) is 5.75 Å². The molecule has 0 spiro atoms.